The van der Waals surface area contributed by atoms with Gasteiger partial charge in [0.2, 0.25) is 5.60 Å². The largest absolute Gasteiger partial charge is 0.497 e. The van der Waals surface area contributed by atoms with Crippen LogP contribution in [-0.4, -0.2) is 89.6 Å². The second-order valence-electron chi connectivity index (χ2n) is 17.1. The fourth-order valence-electron chi connectivity index (χ4n) is 12.5. The van der Waals surface area contributed by atoms with Crippen LogP contribution in [-0.2, 0) is 58.1 Å². The number of cyclic esters (lactones) is 1. The Hall–Kier alpha value is -3.59. The van der Waals surface area contributed by atoms with Gasteiger partial charge in [0.05, 0.1) is 36.2 Å². The van der Waals surface area contributed by atoms with Crippen molar-refractivity contribution in [1.29, 1.82) is 0 Å². The molecule has 4 unspecified atom stereocenters. The molecule has 5 fully saturated rings. The number of benzene rings is 1. The van der Waals surface area contributed by atoms with Gasteiger partial charge in [-0.25, -0.2) is 13.8 Å². The molecule has 300 valence electrons. The molecule has 14 atom stereocenters. The van der Waals surface area contributed by atoms with Gasteiger partial charge >= 0.3 is 23.9 Å². The number of epoxide rings is 1. The highest BCUT2D eigenvalue weighted by Crippen LogP contribution is 2.78. The zero-order valence-corrected chi connectivity index (χ0v) is 33.5. The van der Waals surface area contributed by atoms with Gasteiger partial charge in [0.25, 0.3) is 0 Å². The van der Waals surface area contributed by atoms with E-state index >= 15 is 0 Å². The van der Waals surface area contributed by atoms with E-state index in [9.17, 15) is 28.5 Å². The first kappa shape index (κ1) is 39.6. The van der Waals surface area contributed by atoms with Crippen molar-refractivity contribution < 1.29 is 61.1 Å². The van der Waals surface area contributed by atoms with E-state index in [1.54, 1.807) is 38.3 Å². The van der Waals surface area contributed by atoms with Crippen LogP contribution in [0.25, 0.3) is 0 Å². The third kappa shape index (κ3) is 5.29. The molecule has 2 heterocycles. The van der Waals surface area contributed by atoms with E-state index in [4.69, 9.17) is 32.6 Å². The summed E-state index contributed by atoms with van der Waals surface area (Å²) in [5.41, 5.74) is -7.14. The van der Waals surface area contributed by atoms with Crippen molar-refractivity contribution in [3.05, 3.63) is 48.6 Å². The number of hydrogen-bond acceptors (Lipinski definition) is 13. The van der Waals surface area contributed by atoms with Crippen LogP contribution in [0.4, 0.5) is 0 Å². The predicted molar refractivity (Wildman–Crippen MR) is 195 cm³/mol. The molecule has 1 N–H and O–H groups in total. The second-order valence-corrected chi connectivity index (χ2v) is 18.3. The van der Waals surface area contributed by atoms with Gasteiger partial charge in [0.1, 0.15) is 24.6 Å². The SMILES string of the molecule is C=C1C[C@@]2(O)C3CC[C@]4(C)C(CC[C@@]5(C(C)OS(=O)c6ccc(OC)cc6)COC(=O)C=C[C@H]54)[C@@]3(C)[C@H](OC(C)=O)[C@H](OC(C)=O)[C@@]2(C)[C@]2(C(=O)OC)O[C@H]12. The zero-order chi connectivity index (χ0) is 40.1. The molecule has 7 rings (SSSR count). The number of allylic oxidation sites excluding steroid dienone is 1. The summed E-state index contributed by atoms with van der Waals surface area (Å²) >= 11 is -1.87. The second kappa shape index (κ2) is 13.2. The van der Waals surface area contributed by atoms with Crippen LogP contribution in [0, 0.1) is 39.4 Å². The van der Waals surface area contributed by atoms with Crippen molar-refractivity contribution in [3.8, 4) is 5.75 Å². The summed E-state index contributed by atoms with van der Waals surface area (Å²) in [6, 6.07) is 6.78. The van der Waals surface area contributed by atoms with Crippen molar-refractivity contribution in [2.75, 3.05) is 20.8 Å². The summed E-state index contributed by atoms with van der Waals surface area (Å²) in [5, 5.41) is 13.5. The third-order valence-corrected chi connectivity index (χ3v) is 16.1. The normalized spacial score (nSPS) is 43.7. The molecule has 2 aliphatic heterocycles. The molecule has 1 aromatic carbocycles. The Morgan fingerprint density at radius 3 is 2.24 bits per heavy atom. The maximum Gasteiger partial charge on any atom is 0.342 e. The molecule has 6 aliphatic rings. The van der Waals surface area contributed by atoms with Crippen LogP contribution in [0.15, 0.2) is 53.5 Å². The van der Waals surface area contributed by atoms with Gasteiger partial charge in [-0.2, -0.15) is 0 Å². The van der Waals surface area contributed by atoms with Gasteiger partial charge < -0.3 is 33.5 Å². The molecule has 55 heavy (non-hydrogen) atoms. The van der Waals surface area contributed by atoms with Crippen molar-refractivity contribution in [3.63, 3.8) is 0 Å². The van der Waals surface area contributed by atoms with E-state index in [-0.39, 0.29) is 24.9 Å². The summed E-state index contributed by atoms with van der Waals surface area (Å²) in [4.78, 5) is 53.5. The summed E-state index contributed by atoms with van der Waals surface area (Å²) in [5.74, 6) is -3.23. The van der Waals surface area contributed by atoms with E-state index in [1.807, 2.05) is 19.9 Å². The number of hydrogen-bond donors (Lipinski definition) is 1. The summed E-state index contributed by atoms with van der Waals surface area (Å²) in [6.45, 7) is 14.5. The Kier molecular flexibility index (Phi) is 9.54. The molecular weight excluding hydrogens is 733 g/mol. The highest BCUT2D eigenvalue weighted by Gasteiger charge is 2.90. The summed E-state index contributed by atoms with van der Waals surface area (Å²) in [6.07, 6.45) is 1.32. The van der Waals surface area contributed by atoms with E-state index < -0.39 is 98.2 Å². The third-order valence-electron chi connectivity index (χ3n) is 15.0. The number of rotatable bonds is 8. The average Bonchev–Trinajstić information content (AvgIpc) is 3.93. The molecule has 1 saturated heterocycles. The lowest BCUT2D eigenvalue weighted by Crippen LogP contribution is -2.82. The molecule has 13 nitrogen and oxygen atoms in total. The standard InChI is InChI=1S/C41H52O13S/c1-22-20-40(46)30-16-18-36(5)28(37(30,6)33(51-24(3)42)34(52-25(4)43)38(40,7)41(32(22)53-41)35(45)49-9)17-19-39(21-50-31(44)15-14-29(36)39)23(2)54-55(47)27-12-10-26(48-8)11-13-27/h10-15,23,28-30,32-34,46H,1,16-21H2,2-9H3/t23?,28?,29-,30?,32+,33+,34-,36+,37+,38+,39-,40+,41-,55?/m0/s1. The number of esters is 4. The monoisotopic (exact) mass is 784 g/mol. The lowest BCUT2D eigenvalue weighted by Gasteiger charge is -2.73. The van der Waals surface area contributed by atoms with Crippen molar-refractivity contribution in [2.45, 2.75) is 114 Å². The number of aliphatic hydroxyl groups is 1. The first-order valence-electron chi connectivity index (χ1n) is 18.9. The van der Waals surface area contributed by atoms with Crippen molar-refractivity contribution in [1.82, 2.24) is 0 Å². The van der Waals surface area contributed by atoms with Gasteiger partial charge in [-0.05, 0) is 92.5 Å². The highest BCUT2D eigenvalue weighted by atomic mass is 32.2. The number of carbonyl (C=O) groups excluding carboxylic acids is 4. The van der Waals surface area contributed by atoms with Crippen molar-refractivity contribution in [2.24, 2.45) is 39.4 Å². The summed E-state index contributed by atoms with van der Waals surface area (Å²) < 4.78 is 55.1. The smallest absolute Gasteiger partial charge is 0.342 e. The van der Waals surface area contributed by atoms with Crippen LogP contribution in [0.5, 0.6) is 5.75 Å². The first-order valence-corrected chi connectivity index (χ1v) is 20.0. The molecule has 14 heteroatoms. The molecule has 0 aromatic heterocycles. The number of methoxy groups -OCH3 is 2. The molecule has 0 spiro atoms. The molecule has 0 amide bonds. The Labute approximate surface area is 324 Å². The number of fused-ring (bicyclic) bond motifs is 9. The highest BCUT2D eigenvalue weighted by molar-refractivity contribution is 7.80. The molecule has 4 aliphatic carbocycles. The van der Waals surface area contributed by atoms with Crippen molar-refractivity contribution >= 4 is 35.0 Å². The van der Waals surface area contributed by atoms with E-state index in [0.717, 1.165) is 0 Å². The van der Waals surface area contributed by atoms with E-state index in [1.165, 1.54) is 27.0 Å². The Bertz CT molecular complexity index is 1860. The molecule has 0 radical (unpaired) electrons. The number of carbonyl (C=O) groups is 4. The average molecular weight is 785 g/mol. The van der Waals surface area contributed by atoms with Crippen LogP contribution < -0.4 is 4.74 Å². The lowest BCUT2D eigenvalue weighted by molar-refractivity contribution is -0.336. The Balaban J connectivity index is 1.35. The molecule has 0 bridgehead atoms. The maximum atomic E-state index is 13.8. The van der Waals surface area contributed by atoms with Gasteiger partial charge in [-0.1, -0.05) is 26.5 Å². The zero-order valence-electron chi connectivity index (χ0n) is 32.7. The quantitative estimate of drug-likeness (QED) is 0.169. The van der Waals surface area contributed by atoms with Crippen LogP contribution >= 0.6 is 0 Å². The maximum absolute atomic E-state index is 13.8. The minimum absolute atomic E-state index is 0.0125. The predicted octanol–water partition coefficient (Wildman–Crippen LogP) is 4.56. The first-order chi connectivity index (χ1) is 25.8. The topological polar surface area (TPSA) is 173 Å². The van der Waals surface area contributed by atoms with Gasteiger partial charge in [0.15, 0.2) is 17.2 Å². The Morgan fingerprint density at radius 2 is 1.62 bits per heavy atom. The minimum Gasteiger partial charge on any atom is -0.497 e. The minimum atomic E-state index is -1.87. The Morgan fingerprint density at radius 1 is 0.982 bits per heavy atom. The molecule has 4 saturated carbocycles. The van der Waals surface area contributed by atoms with Gasteiger partial charge in [0, 0.05) is 37.2 Å². The lowest BCUT2D eigenvalue weighted by atomic mass is 9.32. The molecule has 1 aromatic rings. The summed E-state index contributed by atoms with van der Waals surface area (Å²) in [7, 11) is 2.79. The van der Waals surface area contributed by atoms with Gasteiger partial charge in [-0.3, -0.25) is 13.8 Å². The van der Waals surface area contributed by atoms with Crippen LogP contribution in [0.3, 0.4) is 0 Å². The molecular formula is C41H52O13S. The van der Waals surface area contributed by atoms with Gasteiger partial charge in [-0.15, -0.1) is 0 Å². The van der Waals surface area contributed by atoms with Crippen LogP contribution in [0.1, 0.15) is 73.6 Å². The van der Waals surface area contributed by atoms with E-state index in [0.29, 0.717) is 41.9 Å². The van der Waals surface area contributed by atoms with E-state index in [2.05, 4.69) is 13.5 Å². The number of ether oxygens (including phenoxy) is 6. The fraction of sp³-hybridized carbons (Fsp3) is 0.659. The van der Waals surface area contributed by atoms with Crippen LogP contribution in [0.2, 0.25) is 0 Å². The fourth-order valence-corrected chi connectivity index (χ4v) is 13.4.